The van der Waals surface area contributed by atoms with E-state index in [1.54, 1.807) is 28.0 Å². The van der Waals surface area contributed by atoms with Crippen LogP contribution in [-0.4, -0.2) is 79.8 Å². The van der Waals surface area contributed by atoms with Crippen LogP contribution in [0.3, 0.4) is 0 Å². The second-order valence-electron chi connectivity index (χ2n) is 8.53. The Kier molecular flexibility index (Phi) is 7.74. The van der Waals surface area contributed by atoms with E-state index in [-0.39, 0.29) is 50.2 Å². The van der Waals surface area contributed by atoms with Crippen LogP contribution in [-0.2, 0) is 25.5 Å². The Labute approximate surface area is 197 Å². The number of ether oxygens (including phenoxy) is 3. The monoisotopic (exact) mass is 474 g/mol. The van der Waals surface area contributed by atoms with Crippen molar-refractivity contribution in [2.45, 2.75) is 18.4 Å². The van der Waals surface area contributed by atoms with E-state index < -0.39 is 11.4 Å². The molecule has 2 heterocycles. The third-order valence-corrected chi connectivity index (χ3v) is 6.05. The van der Waals surface area contributed by atoms with Crippen LogP contribution in [0.1, 0.15) is 12.0 Å². The molecule has 9 heteroatoms. The number of morpholine rings is 2. The summed E-state index contributed by atoms with van der Waals surface area (Å²) in [5.74, 6) is -0.758. The maximum atomic E-state index is 14.1. The Hall–Kier alpha value is -3.04. The van der Waals surface area contributed by atoms with E-state index in [9.17, 15) is 18.4 Å². The summed E-state index contributed by atoms with van der Waals surface area (Å²) in [7, 11) is 0. The maximum Gasteiger partial charge on any atom is 0.227 e. The van der Waals surface area contributed by atoms with E-state index in [0.29, 0.717) is 44.2 Å². The van der Waals surface area contributed by atoms with E-state index in [1.165, 1.54) is 30.3 Å². The Bertz CT molecular complexity index is 997. The summed E-state index contributed by atoms with van der Waals surface area (Å²) < 4.78 is 44.6. The number of rotatable bonds is 7. The zero-order chi connectivity index (χ0) is 24.0. The molecule has 34 heavy (non-hydrogen) atoms. The van der Waals surface area contributed by atoms with Gasteiger partial charge < -0.3 is 24.0 Å². The number of halogens is 2. The van der Waals surface area contributed by atoms with Crippen LogP contribution in [0.4, 0.5) is 8.78 Å². The van der Waals surface area contributed by atoms with E-state index in [2.05, 4.69) is 0 Å². The van der Waals surface area contributed by atoms with Gasteiger partial charge >= 0.3 is 0 Å². The summed E-state index contributed by atoms with van der Waals surface area (Å²) in [5.41, 5.74) is -0.774. The molecular formula is C25H28F2N2O5. The van der Waals surface area contributed by atoms with Crippen LogP contribution in [0.2, 0.25) is 0 Å². The summed E-state index contributed by atoms with van der Waals surface area (Å²) in [6, 6.07) is 11.7. The molecule has 2 saturated heterocycles. The molecule has 0 saturated carbocycles. The lowest BCUT2D eigenvalue weighted by molar-refractivity contribution is -0.167. The van der Waals surface area contributed by atoms with E-state index in [0.717, 1.165) is 0 Å². The van der Waals surface area contributed by atoms with Gasteiger partial charge in [-0.3, -0.25) is 9.59 Å². The van der Waals surface area contributed by atoms with E-state index in [4.69, 9.17) is 14.2 Å². The molecule has 7 nitrogen and oxygen atoms in total. The van der Waals surface area contributed by atoms with Crippen molar-refractivity contribution in [3.05, 3.63) is 65.7 Å². The smallest absolute Gasteiger partial charge is 0.227 e. The van der Waals surface area contributed by atoms with Gasteiger partial charge in [0.15, 0.2) is 0 Å². The highest BCUT2D eigenvalue weighted by Gasteiger charge is 2.42. The fraction of sp³-hybridized carbons (Fsp3) is 0.440. The first-order valence-corrected chi connectivity index (χ1v) is 11.3. The lowest BCUT2D eigenvalue weighted by Crippen LogP contribution is -2.59. The first kappa shape index (κ1) is 24.1. The molecule has 0 N–H and O–H groups in total. The Morgan fingerprint density at radius 2 is 1.62 bits per heavy atom. The van der Waals surface area contributed by atoms with Crippen molar-refractivity contribution < 1.29 is 32.6 Å². The standard InChI is InChI=1S/C25H28F2N2O5/c26-20-5-7-21(8-6-20)33-18-25(16-24(31)28-9-12-32-13-10-28)17-29(11-14-34-25)23(30)15-19-3-1-2-4-22(19)27/h1-8H,9-18H2/t25-/m1/s1. The largest absolute Gasteiger partial charge is 0.490 e. The molecule has 0 bridgehead atoms. The van der Waals surface area contributed by atoms with Crippen molar-refractivity contribution in [3.63, 3.8) is 0 Å². The summed E-state index contributed by atoms with van der Waals surface area (Å²) in [5, 5.41) is 0. The van der Waals surface area contributed by atoms with Gasteiger partial charge in [-0.15, -0.1) is 0 Å². The molecule has 0 aromatic heterocycles. The zero-order valence-corrected chi connectivity index (χ0v) is 18.9. The van der Waals surface area contributed by atoms with Crippen molar-refractivity contribution in [2.24, 2.45) is 0 Å². The minimum Gasteiger partial charge on any atom is -0.490 e. The van der Waals surface area contributed by atoms with Gasteiger partial charge in [-0.25, -0.2) is 8.78 Å². The molecule has 0 unspecified atom stereocenters. The number of hydrogen-bond donors (Lipinski definition) is 0. The van der Waals surface area contributed by atoms with Gasteiger partial charge in [0.2, 0.25) is 11.8 Å². The first-order valence-electron chi connectivity index (χ1n) is 11.3. The highest BCUT2D eigenvalue weighted by atomic mass is 19.1. The van der Waals surface area contributed by atoms with Gasteiger partial charge in [-0.05, 0) is 35.9 Å². The van der Waals surface area contributed by atoms with Crippen LogP contribution in [0.5, 0.6) is 5.75 Å². The normalized spacial score (nSPS) is 20.8. The Balaban J connectivity index is 1.49. The molecule has 0 aliphatic carbocycles. The van der Waals surface area contributed by atoms with Crippen LogP contribution in [0.25, 0.3) is 0 Å². The number of nitrogens with zero attached hydrogens (tertiary/aromatic N) is 2. The predicted molar refractivity (Wildman–Crippen MR) is 119 cm³/mol. The molecule has 2 fully saturated rings. The fourth-order valence-corrected chi connectivity index (χ4v) is 4.17. The topological polar surface area (TPSA) is 68.3 Å². The van der Waals surface area contributed by atoms with Crippen molar-refractivity contribution in [2.75, 3.05) is 52.6 Å². The van der Waals surface area contributed by atoms with E-state index in [1.807, 2.05) is 0 Å². The average molecular weight is 475 g/mol. The molecule has 4 rings (SSSR count). The molecule has 1 atom stereocenters. The number of carbonyl (C=O) groups excluding carboxylic acids is 2. The first-order chi connectivity index (χ1) is 16.4. The maximum absolute atomic E-state index is 14.1. The average Bonchev–Trinajstić information content (AvgIpc) is 2.86. The number of benzene rings is 2. The van der Waals surface area contributed by atoms with Crippen LogP contribution < -0.4 is 4.74 Å². The van der Waals surface area contributed by atoms with Gasteiger partial charge in [-0.1, -0.05) is 18.2 Å². The van der Waals surface area contributed by atoms with Crippen molar-refractivity contribution in [1.82, 2.24) is 9.80 Å². The second-order valence-corrected chi connectivity index (χ2v) is 8.53. The summed E-state index contributed by atoms with van der Waals surface area (Å²) in [4.78, 5) is 29.4. The number of carbonyl (C=O) groups is 2. The van der Waals surface area contributed by atoms with Crippen LogP contribution in [0, 0.1) is 11.6 Å². The Morgan fingerprint density at radius 3 is 2.35 bits per heavy atom. The summed E-state index contributed by atoms with van der Waals surface area (Å²) >= 11 is 0. The molecular weight excluding hydrogens is 446 g/mol. The number of hydrogen-bond acceptors (Lipinski definition) is 5. The fourth-order valence-electron chi connectivity index (χ4n) is 4.17. The second kappa shape index (κ2) is 10.9. The Morgan fingerprint density at radius 1 is 0.912 bits per heavy atom. The minimum atomic E-state index is -1.09. The van der Waals surface area contributed by atoms with Crippen LogP contribution >= 0.6 is 0 Å². The molecule has 0 radical (unpaired) electrons. The summed E-state index contributed by atoms with van der Waals surface area (Å²) in [6.07, 6.45) is -0.0728. The minimum absolute atomic E-state index is 0.00180. The van der Waals surface area contributed by atoms with Gasteiger partial charge in [0.25, 0.3) is 0 Å². The van der Waals surface area contributed by atoms with Gasteiger partial charge in [0.1, 0.15) is 29.6 Å². The van der Waals surface area contributed by atoms with E-state index >= 15 is 0 Å². The molecule has 2 aromatic rings. The third kappa shape index (κ3) is 6.09. The van der Waals surface area contributed by atoms with Crippen molar-refractivity contribution in [1.29, 1.82) is 0 Å². The third-order valence-electron chi connectivity index (χ3n) is 6.05. The number of amides is 2. The molecule has 2 aromatic carbocycles. The SMILES string of the molecule is O=C(C[C@]1(COc2ccc(F)cc2)CN(C(=O)Cc2ccccc2F)CCO1)N1CCOCC1. The van der Waals surface area contributed by atoms with Gasteiger partial charge in [0.05, 0.1) is 39.2 Å². The highest BCUT2D eigenvalue weighted by molar-refractivity contribution is 5.80. The predicted octanol–water partition coefficient (Wildman–Crippen LogP) is 2.43. The molecule has 0 spiro atoms. The van der Waals surface area contributed by atoms with Gasteiger partial charge in [0, 0.05) is 19.6 Å². The molecule has 2 aliphatic rings. The lowest BCUT2D eigenvalue weighted by atomic mass is 9.96. The van der Waals surface area contributed by atoms with Gasteiger partial charge in [-0.2, -0.15) is 0 Å². The molecule has 182 valence electrons. The van der Waals surface area contributed by atoms with Crippen LogP contribution in [0.15, 0.2) is 48.5 Å². The molecule has 2 amide bonds. The molecule has 2 aliphatic heterocycles. The van der Waals surface area contributed by atoms with Crippen molar-refractivity contribution in [3.8, 4) is 5.75 Å². The lowest BCUT2D eigenvalue weighted by Gasteiger charge is -2.43. The zero-order valence-electron chi connectivity index (χ0n) is 18.9. The van der Waals surface area contributed by atoms with Crippen molar-refractivity contribution >= 4 is 11.8 Å². The summed E-state index contributed by atoms with van der Waals surface area (Å²) in [6.45, 7) is 2.59. The quantitative estimate of drug-likeness (QED) is 0.617. The highest BCUT2D eigenvalue weighted by Crippen LogP contribution is 2.26.